The van der Waals surface area contributed by atoms with Crippen molar-refractivity contribution in [3.8, 4) is 11.5 Å². The average molecular weight is 217 g/mol. The zero-order valence-corrected chi connectivity index (χ0v) is 8.42. The molecular weight excluding hydrogens is 208 g/mol. The molecular formula is C9H9ClO4. The molecule has 0 heterocycles. The molecule has 14 heavy (non-hydrogen) atoms. The molecule has 0 radical (unpaired) electrons. The van der Waals surface area contributed by atoms with E-state index in [0.29, 0.717) is 0 Å². The fraction of sp³-hybridized carbons (Fsp3) is 0.222. The lowest BCUT2D eigenvalue weighted by atomic mass is 10.1. The standard InChI is InChI=1S/C9H9ClO4/c1-4-5(11)3-6(14-2)8(10)7(4)9(12)13/h3,11H,1-2H3,(H,12,13). The number of ether oxygens (including phenoxy) is 1. The van der Waals surface area contributed by atoms with Crippen molar-refractivity contribution in [2.24, 2.45) is 0 Å². The minimum atomic E-state index is -1.19. The summed E-state index contributed by atoms with van der Waals surface area (Å²) in [5.74, 6) is -1.20. The molecule has 2 N–H and O–H groups in total. The summed E-state index contributed by atoms with van der Waals surface area (Å²) in [6.45, 7) is 1.48. The van der Waals surface area contributed by atoms with E-state index in [1.165, 1.54) is 20.1 Å². The summed E-state index contributed by atoms with van der Waals surface area (Å²) >= 11 is 5.76. The van der Waals surface area contributed by atoms with E-state index in [4.69, 9.17) is 21.4 Å². The van der Waals surface area contributed by atoms with Crippen molar-refractivity contribution < 1.29 is 19.7 Å². The number of hydrogen-bond donors (Lipinski definition) is 2. The number of benzene rings is 1. The number of aromatic carboxylic acids is 1. The first kappa shape index (κ1) is 10.7. The van der Waals surface area contributed by atoms with Crippen LogP contribution in [-0.4, -0.2) is 23.3 Å². The molecule has 0 aliphatic rings. The number of aromatic hydroxyl groups is 1. The van der Waals surface area contributed by atoms with Gasteiger partial charge in [0.25, 0.3) is 0 Å². The monoisotopic (exact) mass is 216 g/mol. The lowest BCUT2D eigenvalue weighted by molar-refractivity contribution is 0.0695. The number of methoxy groups -OCH3 is 1. The van der Waals surface area contributed by atoms with Crippen LogP contribution in [0.3, 0.4) is 0 Å². The number of carboxylic acid groups (broad SMARTS) is 1. The van der Waals surface area contributed by atoms with Crippen molar-refractivity contribution in [1.82, 2.24) is 0 Å². The lowest BCUT2D eigenvalue weighted by Gasteiger charge is -2.10. The van der Waals surface area contributed by atoms with Gasteiger partial charge in [0.15, 0.2) is 0 Å². The molecule has 0 spiro atoms. The predicted molar refractivity (Wildman–Crippen MR) is 51.4 cm³/mol. The second kappa shape index (κ2) is 3.75. The van der Waals surface area contributed by atoms with Crippen molar-refractivity contribution in [3.05, 3.63) is 22.2 Å². The number of rotatable bonds is 2. The SMILES string of the molecule is COc1cc(O)c(C)c(C(=O)O)c1Cl. The van der Waals surface area contributed by atoms with E-state index in [1.807, 2.05) is 0 Å². The van der Waals surface area contributed by atoms with E-state index in [2.05, 4.69) is 0 Å². The Labute approximate surface area is 85.7 Å². The molecule has 1 aromatic carbocycles. The topological polar surface area (TPSA) is 66.8 Å². The Morgan fingerprint density at radius 2 is 2.14 bits per heavy atom. The zero-order chi connectivity index (χ0) is 10.9. The molecule has 0 saturated carbocycles. The first-order valence-electron chi connectivity index (χ1n) is 3.78. The molecule has 0 saturated heterocycles. The summed E-state index contributed by atoms with van der Waals surface area (Å²) in [4.78, 5) is 10.8. The maximum atomic E-state index is 10.8. The van der Waals surface area contributed by atoms with E-state index in [-0.39, 0.29) is 27.6 Å². The summed E-state index contributed by atoms with van der Waals surface area (Å²) in [7, 11) is 1.35. The highest BCUT2D eigenvalue weighted by atomic mass is 35.5. The quantitative estimate of drug-likeness (QED) is 0.794. The molecule has 1 aromatic rings. The number of hydrogen-bond acceptors (Lipinski definition) is 3. The van der Waals surface area contributed by atoms with E-state index in [1.54, 1.807) is 0 Å². The maximum absolute atomic E-state index is 10.8. The van der Waals surface area contributed by atoms with Crippen molar-refractivity contribution in [2.45, 2.75) is 6.92 Å². The molecule has 76 valence electrons. The van der Waals surface area contributed by atoms with Gasteiger partial charge < -0.3 is 14.9 Å². The third-order valence-corrected chi connectivity index (χ3v) is 2.27. The Kier molecular flexibility index (Phi) is 2.86. The fourth-order valence-electron chi connectivity index (χ4n) is 1.11. The van der Waals surface area contributed by atoms with Crippen molar-refractivity contribution in [2.75, 3.05) is 7.11 Å². The van der Waals surface area contributed by atoms with Crippen LogP contribution in [0.25, 0.3) is 0 Å². The summed E-state index contributed by atoms with van der Waals surface area (Å²) in [6.07, 6.45) is 0. The van der Waals surface area contributed by atoms with Gasteiger partial charge in [0.1, 0.15) is 11.5 Å². The van der Waals surface area contributed by atoms with Gasteiger partial charge in [-0.3, -0.25) is 0 Å². The summed E-state index contributed by atoms with van der Waals surface area (Å²) in [6, 6.07) is 1.28. The molecule has 0 bridgehead atoms. The van der Waals surface area contributed by atoms with Crippen LogP contribution in [0.5, 0.6) is 11.5 Å². The second-order valence-electron chi connectivity index (χ2n) is 2.72. The number of carbonyl (C=O) groups is 1. The van der Waals surface area contributed by atoms with Crippen molar-refractivity contribution >= 4 is 17.6 Å². The van der Waals surface area contributed by atoms with Crippen LogP contribution in [0, 0.1) is 6.92 Å². The Morgan fingerprint density at radius 3 is 2.57 bits per heavy atom. The Hall–Kier alpha value is -1.42. The largest absolute Gasteiger partial charge is 0.508 e. The third-order valence-electron chi connectivity index (χ3n) is 1.90. The van der Waals surface area contributed by atoms with Gasteiger partial charge >= 0.3 is 5.97 Å². The van der Waals surface area contributed by atoms with Crippen LogP contribution >= 0.6 is 11.6 Å². The molecule has 0 aromatic heterocycles. The molecule has 0 aliphatic carbocycles. The minimum absolute atomic E-state index is 0.00435. The Balaban J connectivity index is 3.53. The number of phenols is 1. The summed E-state index contributed by atoms with van der Waals surface area (Å²) in [5.41, 5.74) is 0.0896. The van der Waals surface area contributed by atoms with E-state index in [9.17, 15) is 9.90 Å². The molecule has 5 heteroatoms. The summed E-state index contributed by atoms with van der Waals surface area (Å²) in [5, 5.41) is 18.2. The van der Waals surface area contributed by atoms with Gasteiger partial charge in [0.2, 0.25) is 0 Å². The van der Waals surface area contributed by atoms with Crippen LogP contribution in [0.15, 0.2) is 6.07 Å². The van der Waals surface area contributed by atoms with Crippen molar-refractivity contribution in [1.29, 1.82) is 0 Å². The predicted octanol–water partition coefficient (Wildman–Crippen LogP) is 2.06. The third kappa shape index (κ3) is 1.61. The highest BCUT2D eigenvalue weighted by molar-refractivity contribution is 6.35. The average Bonchev–Trinajstić information content (AvgIpc) is 2.11. The Morgan fingerprint density at radius 1 is 1.57 bits per heavy atom. The van der Waals surface area contributed by atoms with Gasteiger partial charge in [0, 0.05) is 11.6 Å². The maximum Gasteiger partial charge on any atom is 0.337 e. The van der Waals surface area contributed by atoms with Crippen LogP contribution in [0.1, 0.15) is 15.9 Å². The molecule has 0 amide bonds. The van der Waals surface area contributed by atoms with Gasteiger partial charge in [-0.1, -0.05) is 11.6 Å². The molecule has 0 aliphatic heterocycles. The molecule has 0 unspecified atom stereocenters. The van der Waals surface area contributed by atoms with Gasteiger partial charge in [-0.05, 0) is 6.92 Å². The molecule has 0 atom stereocenters. The van der Waals surface area contributed by atoms with Crippen LogP contribution in [0.2, 0.25) is 5.02 Å². The van der Waals surface area contributed by atoms with Crippen LogP contribution < -0.4 is 4.74 Å². The fourth-order valence-corrected chi connectivity index (χ4v) is 1.47. The first-order valence-corrected chi connectivity index (χ1v) is 4.16. The lowest BCUT2D eigenvalue weighted by Crippen LogP contribution is -2.02. The van der Waals surface area contributed by atoms with Gasteiger partial charge in [-0.25, -0.2) is 4.79 Å². The van der Waals surface area contributed by atoms with Gasteiger partial charge in [0.05, 0.1) is 17.7 Å². The zero-order valence-electron chi connectivity index (χ0n) is 7.67. The highest BCUT2D eigenvalue weighted by Gasteiger charge is 2.19. The highest BCUT2D eigenvalue weighted by Crippen LogP contribution is 2.35. The normalized spacial score (nSPS) is 9.93. The summed E-state index contributed by atoms with van der Waals surface area (Å²) < 4.78 is 4.82. The van der Waals surface area contributed by atoms with Gasteiger partial charge in [-0.15, -0.1) is 0 Å². The van der Waals surface area contributed by atoms with Gasteiger partial charge in [-0.2, -0.15) is 0 Å². The molecule has 0 fully saturated rings. The number of carboxylic acids is 1. The second-order valence-corrected chi connectivity index (χ2v) is 3.10. The van der Waals surface area contributed by atoms with E-state index in [0.717, 1.165) is 0 Å². The number of phenolic OH excluding ortho intramolecular Hbond substituents is 1. The van der Waals surface area contributed by atoms with E-state index >= 15 is 0 Å². The van der Waals surface area contributed by atoms with Crippen LogP contribution in [-0.2, 0) is 0 Å². The van der Waals surface area contributed by atoms with Crippen molar-refractivity contribution in [3.63, 3.8) is 0 Å². The molecule has 4 nitrogen and oxygen atoms in total. The first-order chi connectivity index (χ1) is 6.49. The van der Waals surface area contributed by atoms with E-state index < -0.39 is 5.97 Å². The smallest absolute Gasteiger partial charge is 0.337 e. The van der Waals surface area contributed by atoms with Crippen LogP contribution in [0.4, 0.5) is 0 Å². The molecule has 1 rings (SSSR count). The number of halogens is 1. The Bertz CT molecular complexity index is 387. The minimum Gasteiger partial charge on any atom is -0.508 e.